The Hall–Kier alpha value is -1.30. The lowest BCUT2D eigenvalue weighted by Gasteiger charge is -2.21. The van der Waals surface area contributed by atoms with Crippen molar-refractivity contribution in [1.29, 1.82) is 0 Å². The lowest BCUT2D eigenvalue weighted by atomic mass is 9.84. The molecular weight excluding hydrogens is 288 g/mol. The highest BCUT2D eigenvalue weighted by atomic mass is 14.2. The van der Waals surface area contributed by atoms with Gasteiger partial charge >= 0.3 is 0 Å². The summed E-state index contributed by atoms with van der Waals surface area (Å²) in [7, 11) is 0. The first-order valence-corrected chi connectivity index (χ1v) is 9.85. The van der Waals surface area contributed by atoms with Gasteiger partial charge in [-0.1, -0.05) is 82.5 Å². The van der Waals surface area contributed by atoms with E-state index in [-0.39, 0.29) is 0 Å². The van der Waals surface area contributed by atoms with Gasteiger partial charge < -0.3 is 0 Å². The van der Waals surface area contributed by atoms with Crippen molar-refractivity contribution in [2.75, 3.05) is 0 Å². The molecule has 0 nitrogen and oxygen atoms in total. The maximum absolute atomic E-state index is 2.43. The third-order valence-corrected chi connectivity index (χ3v) is 4.81. The van der Waals surface area contributed by atoms with Gasteiger partial charge in [0, 0.05) is 0 Å². The van der Waals surface area contributed by atoms with Crippen LogP contribution in [0.5, 0.6) is 0 Å². The van der Waals surface area contributed by atoms with Gasteiger partial charge in [0.1, 0.15) is 0 Å². The SMILES string of the molecule is C/C=C/[C@@H](CC)C(C)/C(C)=C/c1cc(C)cc(C)c1CCC.CC. The van der Waals surface area contributed by atoms with Crippen molar-refractivity contribution in [3.05, 3.63) is 52.1 Å². The zero-order chi connectivity index (χ0) is 18.7. The van der Waals surface area contributed by atoms with Crippen molar-refractivity contribution < 1.29 is 0 Å². The van der Waals surface area contributed by atoms with Crippen LogP contribution in [-0.2, 0) is 6.42 Å². The zero-order valence-electron chi connectivity index (χ0n) is 17.7. The molecular formula is C24H40. The van der Waals surface area contributed by atoms with E-state index in [4.69, 9.17) is 0 Å². The largest absolute Gasteiger partial charge is 0.0914 e. The minimum Gasteiger partial charge on any atom is -0.0914 e. The molecule has 0 fully saturated rings. The molecule has 136 valence electrons. The van der Waals surface area contributed by atoms with Gasteiger partial charge in [-0.25, -0.2) is 0 Å². The Morgan fingerprint density at radius 1 is 1.12 bits per heavy atom. The molecule has 0 saturated carbocycles. The Bertz CT molecular complexity index is 531. The highest BCUT2D eigenvalue weighted by molar-refractivity contribution is 5.60. The summed E-state index contributed by atoms with van der Waals surface area (Å²) in [6, 6.07) is 4.67. The first-order valence-electron chi connectivity index (χ1n) is 9.85. The van der Waals surface area contributed by atoms with Crippen molar-refractivity contribution >= 4 is 6.08 Å². The van der Waals surface area contributed by atoms with E-state index >= 15 is 0 Å². The quantitative estimate of drug-likeness (QED) is 0.446. The van der Waals surface area contributed by atoms with Gasteiger partial charge in [0.05, 0.1) is 0 Å². The number of benzene rings is 1. The van der Waals surface area contributed by atoms with E-state index in [9.17, 15) is 0 Å². The van der Waals surface area contributed by atoms with Crippen LogP contribution in [-0.4, -0.2) is 0 Å². The molecule has 0 aliphatic heterocycles. The summed E-state index contributed by atoms with van der Waals surface area (Å²) < 4.78 is 0. The van der Waals surface area contributed by atoms with Crippen molar-refractivity contribution in [2.45, 2.75) is 81.6 Å². The van der Waals surface area contributed by atoms with Crippen molar-refractivity contribution in [2.24, 2.45) is 11.8 Å². The van der Waals surface area contributed by atoms with E-state index in [1.807, 2.05) is 13.8 Å². The van der Waals surface area contributed by atoms with Gasteiger partial charge in [-0.05, 0) is 69.1 Å². The molecule has 1 aromatic carbocycles. The average molecular weight is 329 g/mol. The molecule has 1 unspecified atom stereocenters. The van der Waals surface area contributed by atoms with E-state index in [0.717, 1.165) is 0 Å². The molecule has 0 aromatic heterocycles. The second-order valence-electron chi connectivity index (χ2n) is 6.67. The van der Waals surface area contributed by atoms with Crippen LogP contribution in [0.2, 0.25) is 0 Å². The van der Waals surface area contributed by atoms with Crippen LogP contribution in [0.15, 0.2) is 29.9 Å². The number of allylic oxidation sites excluding steroid dienone is 3. The first kappa shape index (κ1) is 22.7. The molecule has 2 atom stereocenters. The molecule has 0 heterocycles. The summed E-state index contributed by atoms with van der Waals surface area (Å²) >= 11 is 0. The van der Waals surface area contributed by atoms with Crippen LogP contribution in [0.25, 0.3) is 6.08 Å². The maximum Gasteiger partial charge on any atom is -0.0168 e. The van der Waals surface area contributed by atoms with Gasteiger partial charge in [-0.15, -0.1) is 0 Å². The molecule has 0 heteroatoms. The van der Waals surface area contributed by atoms with Crippen LogP contribution in [0.1, 0.15) is 83.6 Å². The second-order valence-corrected chi connectivity index (χ2v) is 6.67. The lowest BCUT2D eigenvalue weighted by molar-refractivity contribution is 0.476. The Morgan fingerprint density at radius 2 is 1.75 bits per heavy atom. The van der Waals surface area contributed by atoms with Gasteiger partial charge in [0.15, 0.2) is 0 Å². The average Bonchev–Trinajstić information content (AvgIpc) is 2.56. The van der Waals surface area contributed by atoms with E-state index in [0.29, 0.717) is 11.8 Å². The summed E-state index contributed by atoms with van der Waals surface area (Å²) in [6.45, 7) is 19.8. The van der Waals surface area contributed by atoms with Gasteiger partial charge in [0.25, 0.3) is 0 Å². The molecule has 0 aliphatic carbocycles. The van der Waals surface area contributed by atoms with Crippen molar-refractivity contribution in [3.8, 4) is 0 Å². The molecule has 0 bridgehead atoms. The summed E-state index contributed by atoms with van der Waals surface area (Å²) in [5.74, 6) is 1.23. The number of hydrogen-bond acceptors (Lipinski definition) is 0. The molecule has 1 rings (SSSR count). The topological polar surface area (TPSA) is 0 Å². The van der Waals surface area contributed by atoms with Crippen LogP contribution < -0.4 is 0 Å². The molecule has 1 aromatic rings. The molecule has 24 heavy (non-hydrogen) atoms. The minimum atomic E-state index is 0.594. The summed E-state index contributed by atoms with van der Waals surface area (Å²) in [6.07, 6.45) is 10.6. The predicted molar refractivity (Wildman–Crippen MR) is 113 cm³/mol. The lowest BCUT2D eigenvalue weighted by Crippen LogP contribution is -2.09. The van der Waals surface area contributed by atoms with Crippen molar-refractivity contribution in [3.63, 3.8) is 0 Å². The standard InChI is InChI=1S/C22H34.C2H6/c1-8-11-20(10-3)19(7)17(5)15-21-14-16(4)13-18(6)22(21)12-9-2;1-2/h8,11,13-15,19-20H,9-10,12H2,1-7H3;1-2H3/b11-8+,17-15+;/t19?,20-;/m1./s1. The van der Waals surface area contributed by atoms with Crippen LogP contribution in [0.3, 0.4) is 0 Å². The number of aryl methyl sites for hydroxylation is 2. The van der Waals surface area contributed by atoms with Gasteiger partial charge in [0.2, 0.25) is 0 Å². The normalized spacial score (nSPS) is 14.3. The maximum atomic E-state index is 2.43. The minimum absolute atomic E-state index is 0.594. The molecule has 0 saturated heterocycles. The second kappa shape index (κ2) is 12.1. The fourth-order valence-corrected chi connectivity index (χ4v) is 3.37. The van der Waals surface area contributed by atoms with Crippen LogP contribution in [0.4, 0.5) is 0 Å². The summed E-state index contributed by atoms with van der Waals surface area (Å²) in [5.41, 5.74) is 7.25. The van der Waals surface area contributed by atoms with E-state index in [1.54, 1.807) is 0 Å². The third-order valence-electron chi connectivity index (χ3n) is 4.81. The highest BCUT2D eigenvalue weighted by Gasteiger charge is 2.15. The van der Waals surface area contributed by atoms with Crippen LogP contribution >= 0.6 is 0 Å². The molecule has 0 N–H and O–H groups in total. The Morgan fingerprint density at radius 3 is 2.25 bits per heavy atom. The monoisotopic (exact) mass is 328 g/mol. The Labute approximate surface area is 152 Å². The van der Waals surface area contributed by atoms with Crippen LogP contribution in [0, 0.1) is 25.7 Å². The highest BCUT2D eigenvalue weighted by Crippen LogP contribution is 2.28. The molecule has 0 radical (unpaired) electrons. The van der Waals surface area contributed by atoms with Gasteiger partial charge in [-0.2, -0.15) is 0 Å². The smallest absolute Gasteiger partial charge is 0.0168 e. The van der Waals surface area contributed by atoms with Crippen molar-refractivity contribution in [1.82, 2.24) is 0 Å². The fourth-order valence-electron chi connectivity index (χ4n) is 3.37. The first-order chi connectivity index (χ1) is 11.4. The van der Waals surface area contributed by atoms with E-state index < -0.39 is 0 Å². The molecule has 0 aliphatic rings. The number of rotatable bonds is 7. The number of hydrogen-bond donors (Lipinski definition) is 0. The third kappa shape index (κ3) is 6.67. The predicted octanol–water partition coefficient (Wildman–Crippen LogP) is 7.92. The van der Waals surface area contributed by atoms with E-state index in [2.05, 4.69) is 78.8 Å². The Kier molecular flexibility index (Phi) is 11.5. The summed E-state index contributed by atoms with van der Waals surface area (Å²) in [4.78, 5) is 0. The molecule has 0 amide bonds. The van der Waals surface area contributed by atoms with Gasteiger partial charge in [-0.3, -0.25) is 0 Å². The summed E-state index contributed by atoms with van der Waals surface area (Å²) in [5, 5.41) is 0. The Balaban J connectivity index is 0.00000254. The van der Waals surface area contributed by atoms with E-state index in [1.165, 1.54) is 47.1 Å². The molecule has 0 spiro atoms. The fraction of sp³-hybridized carbons (Fsp3) is 0.583. The zero-order valence-corrected chi connectivity index (χ0v) is 17.7.